The average Bonchev–Trinajstić information content (AvgIpc) is 1.89. The molecule has 0 radical (unpaired) electrons. The lowest BCUT2D eigenvalue weighted by Crippen LogP contribution is -2.08. The second-order valence-electron chi connectivity index (χ2n) is 2.05. The first-order valence-corrected chi connectivity index (χ1v) is 3.57. The van der Waals surface area contributed by atoms with Gasteiger partial charge in [-0.25, -0.2) is 0 Å². The molecular formula is C7H16O2. The highest BCUT2D eigenvalue weighted by atomic mass is 16.5. The minimum absolute atomic E-state index is 0.170. The van der Waals surface area contributed by atoms with Gasteiger partial charge in [-0.3, -0.25) is 0 Å². The highest BCUT2D eigenvalue weighted by Gasteiger charge is 1.97. The van der Waals surface area contributed by atoms with Crippen LogP contribution in [0.2, 0.25) is 0 Å². The lowest BCUT2D eigenvalue weighted by Gasteiger charge is -2.05. The topological polar surface area (TPSA) is 29.5 Å². The van der Waals surface area contributed by atoms with Crippen molar-refractivity contribution < 1.29 is 9.84 Å². The molecule has 2 heteroatoms. The number of hydrogen-bond acceptors (Lipinski definition) is 2. The lowest BCUT2D eigenvalue weighted by molar-refractivity contribution is 0.0868. The molecule has 0 fully saturated rings. The zero-order chi connectivity index (χ0) is 7.11. The summed E-state index contributed by atoms with van der Waals surface area (Å²) in [5.74, 6) is 0. The molecule has 0 spiro atoms. The van der Waals surface area contributed by atoms with E-state index in [1.165, 1.54) is 0 Å². The Kier molecular flexibility index (Phi) is 5.99. The van der Waals surface area contributed by atoms with Gasteiger partial charge in [0.05, 0.1) is 6.10 Å². The van der Waals surface area contributed by atoms with Gasteiger partial charge in [-0.2, -0.15) is 0 Å². The van der Waals surface area contributed by atoms with Gasteiger partial charge in [0, 0.05) is 13.2 Å². The molecule has 0 aromatic rings. The molecule has 0 saturated carbocycles. The van der Waals surface area contributed by atoms with Crippen molar-refractivity contribution in [1.82, 2.24) is 0 Å². The number of rotatable bonds is 5. The number of aliphatic hydroxyl groups is 1. The first kappa shape index (κ1) is 8.92. The summed E-state index contributed by atoms with van der Waals surface area (Å²) < 4.78 is 5.05. The second-order valence-corrected chi connectivity index (χ2v) is 2.05. The molecule has 0 rings (SSSR count). The highest BCUT2D eigenvalue weighted by molar-refractivity contribution is 4.49. The van der Waals surface area contributed by atoms with Crippen LogP contribution in [0, 0.1) is 0 Å². The fourth-order valence-corrected chi connectivity index (χ4v) is 0.568. The van der Waals surface area contributed by atoms with Crippen molar-refractivity contribution in [2.75, 3.05) is 13.2 Å². The van der Waals surface area contributed by atoms with Gasteiger partial charge in [-0.1, -0.05) is 6.92 Å². The molecule has 0 aromatic heterocycles. The number of ether oxygens (including phenoxy) is 1. The van der Waals surface area contributed by atoms with Crippen LogP contribution in [-0.4, -0.2) is 24.4 Å². The standard InChI is InChI=1S/C7H16O2/c1-3-7(8)5-6-9-4-2/h7-8H,3-6H2,1-2H3. The molecule has 0 saturated heterocycles. The number of hydrogen-bond donors (Lipinski definition) is 1. The maximum absolute atomic E-state index is 9.00. The normalized spacial score (nSPS) is 13.7. The zero-order valence-corrected chi connectivity index (χ0v) is 6.26. The van der Waals surface area contributed by atoms with E-state index >= 15 is 0 Å². The van der Waals surface area contributed by atoms with Gasteiger partial charge in [0.25, 0.3) is 0 Å². The van der Waals surface area contributed by atoms with Crippen molar-refractivity contribution in [3.63, 3.8) is 0 Å². The Morgan fingerprint density at radius 2 is 2.11 bits per heavy atom. The first-order chi connectivity index (χ1) is 4.31. The molecule has 9 heavy (non-hydrogen) atoms. The van der Waals surface area contributed by atoms with Gasteiger partial charge in [0.15, 0.2) is 0 Å². The van der Waals surface area contributed by atoms with Gasteiger partial charge in [-0.15, -0.1) is 0 Å². The summed E-state index contributed by atoms with van der Waals surface area (Å²) in [7, 11) is 0. The van der Waals surface area contributed by atoms with Crippen molar-refractivity contribution in [3.05, 3.63) is 0 Å². The van der Waals surface area contributed by atoms with Gasteiger partial charge in [0.1, 0.15) is 0 Å². The zero-order valence-electron chi connectivity index (χ0n) is 6.26. The third kappa shape index (κ3) is 5.80. The van der Waals surface area contributed by atoms with Gasteiger partial charge < -0.3 is 9.84 Å². The molecule has 1 N–H and O–H groups in total. The molecule has 0 aromatic carbocycles. The molecule has 1 atom stereocenters. The average molecular weight is 132 g/mol. The van der Waals surface area contributed by atoms with Crippen molar-refractivity contribution in [2.24, 2.45) is 0 Å². The Bertz CT molecular complexity index is 54.9. The molecule has 0 aliphatic rings. The Hall–Kier alpha value is -0.0800. The van der Waals surface area contributed by atoms with Crippen molar-refractivity contribution in [1.29, 1.82) is 0 Å². The molecule has 0 bridgehead atoms. The molecule has 0 aliphatic heterocycles. The fourth-order valence-electron chi connectivity index (χ4n) is 0.568. The maximum atomic E-state index is 9.00. The maximum Gasteiger partial charge on any atom is 0.0559 e. The number of aliphatic hydroxyl groups excluding tert-OH is 1. The molecule has 0 aliphatic carbocycles. The lowest BCUT2D eigenvalue weighted by atomic mass is 10.2. The minimum Gasteiger partial charge on any atom is -0.393 e. The second kappa shape index (κ2) is 6.05. The van der Waals surface area contributed by atoms with Crippen LogP contribution in [0.3, 0.4) is 0 Å². The van der Waals surface area contributed by atoms with Gasteiger partial charge in [-0.05, 0) is 19.8 Å². The summed E-state index contributed by atoms with van der Waals surface area (Å²) in [6, 6.07) is 0. The summed E-state index contributed by atoms with van der Waals surface area (Å²) in [5.41, 5.74) is 0. The van der Waals surface area contributed by atoms with Crippen molar-refractivity contribution in [3.8, 4) is 0 Å². The van der Waals surface area contributed by atoms with E-state index in [9.17, 15) is 0 Å². The van der Waals surface area contributed by atoms with E-state index in [2.05, 4.69) is 0 Å². The van der Waals surface area contributed by atoms with Crippen LogP contribution in [0.1, 0.15) is 26.7 Å². The van der Waals surface area contributed by atoms with Crippen LogP contribution in [0.15, 0.2) is 0 Å². The van der Waals surface area contributed by atoms with E-state index in [1.807, 2.05) is 13.8 Å². The monoisotopic (exact) mass is 132 g/mol. The van der Waals surface area contributed by atoms with Crippen LogP contribution in [0.5, 0.6) is 0 Å². The van der Waals surface area contributed by atoms with E-state index in [1.54, 1.807) is 0 Å². The van der Waals surface area contributed by atoms with Crippen LogP contribution in [0.25, 0.3) is 0 Å². The summed E-state index contributed by atoms with van der Waals surface area (Å²) in [6.07, 6.45) is 1.42. The summed E-state index contributed by atoms with van der Waals surface area (Å²) in [4.78, 5) is 0. The first-order valence-electron chi connectivity index (χ1n) is 3.57. The van der Waals surface area contributed by atoms with Gasteiger partial charge >= 0.3 is 0 Å². The Labute approximate surface area is 56.8 Å². The predicted molar refractivity (Wildman–Crippen MR) is 37.4 cm³/mol. The molecule has 2 nitrogen and oxygen atoms in total. The van der Waals surface area contributed by atoms with E-state index in [0.717, 1.165) is 19.4 Å². The SMILES string of the molecule is CCOCCC(O)CC. The molecule has 0 amide bonds. The van der Waals surface area contributed by atoms with Crippen LogP contribution < -0.4 is 0 Å². The largest absolute Gasteiger partial charge is 0.393 e. The Morgan fingerprint density at radius 1 is 1.44 bits per heavy atom. The minimum atomic E-state index is -0.170. The van der Waals surface area contributed by atoms with Crippen molar-refractivity contribution in [2.45, 2.75) is 32.8 Å². The fraction of sp³-hybridized carbons (Fsp3) is 1.00. The summed E-state index contributed by atoms with van der Waals surface area (Å²) >= 11 is 0. The predicted octanol–water partition coefficient (Wildman–Crippen LogP) is 1.18. The third-order valence-electron chi connectivity index (χ3n) is 1.27. The quantitative estimate of drug-likeness (QED) is 0.569. The van der Waals surface area contributed by atoms with E-state index < -0.39 is 0 Å². The third-order valence-corrected chi connectivity index (χ3v) is 1.27. The van der Waals surface area contributed by atoms with Gasteiger partial charge in [0.2, 0.25) is 0 Å². The van der Waals surface area contributed by atoms with Crippen LogP contribution in [0.4, 0.5) is 0 Å². The van der Waals surface area contributed by atoms with E-state index in [0.29, 0.717) is 6.61 Å². The molecule has 56 valence electrons. The van der Waals surface area contributed by atoms with Crippen LogP contribution in [-0.2, 0) is 4.74 Å². The van der Waals surface area contributed by atoms with Crippen LogP contribution >= 0.6 is 0 Å². The molecule has 1 unspecified atom stereocenters. The summed E-state index contributed by atoms with van der Waals surface area (Å²) in [5, 5.41) is 9.00. The van der Waals surface area contributed by atoms with E-state index in [-0.39, 0.29) is 6.10 Å². The summed E-state index contributed by atoms with van der Waals surface area (Å²) in [6.45, 7) is 5.36. The molecule has 0 heterocycles. The Balaban J connectivity index is 2.88. The molecular weight excluding hydrogens is 116 g/mol. The highest BCUT2D eigenvalue weighted by Crippen LogP contribution is 1.95. The smallest absolute Gasteiger partial charge is 0.0559 e. The van der Waals surface area contributed by atoms with Crippen molar-refractivity contribution >= 4 is 0 Å². The Morgan fingerprint density at radius 3 is 2.56 bits per heavy atom. The van der Waals surface area contributed by atoms with E-state index in [4.69, 9.17) is 9.84 Å².